The minimum absolute atomic E-state index is 0.0915. The van der Waals surface area contributed by atoms with Gasteiger partial charge in [-0.15, -0.1) is 0 Å². The van der Waals surface area contributed by atoms with E-state index in [1.807, 2.05) is 0 Å². The molecule has 21 heteroatoms. The first-order chi connectivity index (χ1) is 17.2. The molecule has 0 N–H and O–H groups in total. The largest absolute Gasteiger partial charge is 0.465 e. The van der Waals surface area contributed by atoms with Crippen molar-refractivity contribution >= 4 is 17.8 Å². The van der Waals surface area contributed by atoms with E-state index in [1.54, 1.807) is 0 Å². The summed E-state index contributed by atoms with van der Waals surface area (Å²) in [6, 6.07) is 1.51. The standard InChI is InChI=1S/C18H10F15NO5/c1-34(10(35)13(19,20)16(25,26)27)6-9(39-12(37)15(23,24)18(31,32)33)7-3-2-4-8(5-7)38-11(36)14(21,22)17(28,29)30/h2-5,9H,6H2,1H3. The Kier molecular flexibility index (Phi) is 9.16. The average Bonchev–Trinajstić information content (AvgIpc) is 2.75. The number of hydrogen-bond acceptors (Lipinski definition) is 5. The van der Waals surface area contributed by atoms with Crippen LogP contribution in [-0.4, -0.2) is 72.6 Å². The number of esters is 2. The molecule has 1 amide bonds. The van der Waals surface area contributed by atoms with E-state index in [0.29, 0.717) is 18.2 Å². The molecule has 0 fully saturated rings. The van der Waals surface area contributed by atoms with E-state index in [1.165, 1.54) is 0 Å². The van der Waals surface area contributed by atoms with Crippen molar-refractivity contribution in [1.29, 1.82) is 0 Å². The highest BCUT2D eigenvalue weighted by atomic mass is 19.4. The maximum atomic E-state index is 13.3. The predicted molar refractivity (Wildman–Crippen MR) is 91.6 cm³/mol. The van der Waals surface area contributed by atoms with Gasteiger partial charge < -0.3 is 14.4 Å². The first-order valence-corrected chi connectivity index (χ1v) is 9.30. The highest BCUT2D eigenvalue weighted by Gasteiger charge is 2.67. The Morgan fingerprint density at radius 2 is 1.15 bits per heavy atom. The number of alkyl halides is 15. The number of rotatable bonds is 8. The predicted octanol–water partition coefficient (Wildman–Crippen LogP) is 5.23. The molecule has 0 aliphatic rings. The first kappa shape index (κ1) is 33.6. The monoisotopic (exact) mass is 605 g/mol. The van der Waals surface area contributed by atoms with Crippen molar-refractivity contribution in [1.82, 2.24) is 4.90 Å². The Bertz CT molecular complexity index is 1080. The molecule has 39 heavy (non-hydrogen) atoms. The molecule has 0 aliphatic heterocycles. The van der Waals surface area contributed by atoms with Crippen LogP contribution in [0.2, 0.25) is 0 Å². The quantitative estimate of drug-likeness (QED) is 0.231. The maximum Gasteiger partial charge on any atom is 0.465 e. The smallest absolute Gasteiger partial charge is 0.451 e. The lowest BCUT2D eigenvalue weighted by molar-refractivity contribution is -0.283. The second kappa shape index (κ2) is 10.6. The SMILES string of the molecule is CN(CC(OC(=O)C(F)(F)C(F)(F)F)c1cccc(OC(=O)C(F)(F)C(F)(F)F)c1)C(=O)C(F)(F)C(F)(F)F. The van der Waals surface area contributed by atoms with Gasteiger partial charge in [0.25, 0.3) is 0 Å². The highest BCUT2D eigenvalue weighted by molar-refractivity contribution is 5.84. The minimum atomic E-state index is -6.64. The van der Waals surface area contributed by atoms with Gasteiger partial charge in [-0.2, -0.15) is 65.9 Å². The third-order valence-electron chi connectivity index (χ3n) is 4.33. The van der Waals surface area contributed by atoms with E-state index in [9.17, 15) is 80.2 Å². The summed E-state index contributed by atoms with van der Waals surface area (Å²) in [6.45, 7) is -1.85. The molecule has 1 unspecified atom stereocenters. The molecule has 222 valence electrons. The number of nitrogens with zero attached hydrogens (tertiary/aromatic N) is 1. The van der Waals surface area contributed by atoms with Crippen LogP contribution in [0.3, 0.4) is 0 Å². The normalized spacial score (nSPS) is 14.5. The van der Waals surface area contributed by atoms with Crippen molar-refractivity contribution in [2.75, 3.05) is 13.6 Å². The van der Waals surface area contributed by atoms with E-state index in [4.69, 9.17) is 0 Å². The molecule has 0 radical (unpaired) electrons. The van der Waals surface area contributed by atoms with Crippen LogP contribution in [0.5, 0.6) is 5.75 Å². The van der Waals surface area contributed by atoms with Gasteiger partial charge in [0.1, 0.15) is 11.9 Å². The Hall–Kier alpha value is -3.42. The third kappa shape index (κ3) is 7.16. The molecule has 0 aromatic heterocycles. The second-order valence-electron chi connectivity index (χ2n) is 7.26. The Labute approximate surface area is 205 Å². The van der Waals surface area contributed by atoms with Crippen LogP contribution >= 0.6 is 0 Å². The number of amides is 1. The van der Waals surface area contributed by atoms with Gasteiger partial charge in [0.2, 0.25) is 0 Å². The number of benzene rings is 1. The summed E-state index contributed by atoms with van der Waals surface area (Å²) >= 11 is 0. The first-order valence-electron chi connectivity index (χ1n) is 9.30. The zero-order valence-electron chi connectivity index (χ0n) is 18.3. The van der Waals surface area contributed by atoms with Gasteiger partial charge in [-0.1, -0.05) is 12.1 Å². The van der Waals surface area contributed by atoms with E-state index in [-0.39, 0.29) is 13.1 Å². The Morgan fingerprint density at radius 3 is 1.59 bits per heavy atom. The summed E-state index contributed by atoms with van der Waals surface area (Å²) in [4.78, 5) is 33.6. The molecule has 0 heterocycles. The van der Waals surface area contributed by atoms with Crippen LogP contribution in [0.4, 0.5) is 65.9 Å². The molecule has 1 rings (SSSR count). The fourth-order valence-electron chi connectivity index (χ4n) is 2.29. The van der Waals surface area contributed by atoms with Crippen LogP contribution < -0.4 is 4.74 Å². The molecule has 1 aromatic carbocycles. The van der Waals surface area contributed by atoms with Crippen molar-refractivity contribution in [2.24, 2.45) is 0 Å². The third-order valence-corrected chi connectivity index (χ3v) is 4.33. The maximum absolute atomic E-state index is 13.3. The van der Waals surface area contributed by atoms with Gasteiger partial charge >= 0.3 is 54.1 Å². The lowest BCUT2D eigenvalue weighted by Gasteiger charge is -2.29. The summed E-state index contributed by atoms with van der Waals surface area (Å²) < 4.78 is 199. The fraction of sp³-hybridized carbons (Fsp3) is 0.500. The van der Waals surface area contributed by atoms with Crippen molar-refractivity contribution in [2.45, 2.75) is 42.4 Å². The summed E-state index contributed by atoms with van der Waals surface area (Å²) in [5.74, 6) is -29.9. The van der Waals surface area contributed by atoms with Crippen LogP contribution in [0.1, 0.15) is 11.7 Å². The van der Waals surface area contributed by atoms with Crippen molar-refractivity contribution in [3.05, 3.63) is 29.8 Å². The lowest BCUT2D eigenvalue weighted by atomic mass is 10.1. The zero-order valence-corrected chi connectivity index (χ0v) is 18.3. The van der Waals surface area contributed by atoms with Crippen molar-refractivity contribution in [3.63, 3.8) is 0 Å². The molecule has 0 spiro atoms. The second-order valence-corrected chi connectivity index (χ2v) is 7.26. The van der Waals surface area contributed by atoms with Gasteiger partial charge in [0.05, 0.1) is 6.54 Å². The van der Waals surface area contributed by atoms with Gasteiger partial charge in [-0.05, 0) is 17.7 Å². The van der Waals surface area contributed by atoms with Crippen LogP contribution in [0.25, 0.3) is 0 Å². The number of carbonyl (C=O) groups excluding carboxylic acids is 3. The fourth-order valence-corrected chi connectivity index (χ4v) is 2.29. The minimum Gasteiger partial charge on any atom is -0.451 e. The topological polar surface area (TPSA) is 72.9 Å². The number of halogens is 15. The van der Waals surface area contributed by atoms with E-state index in [0.717, 1.165) is 0 Å². The molecular weight excluding hydrogens is 595 g/mol. The number of carbonyl (C=O) groups is 3. The van der Waals surface area contributed by atoms with Gasteiger partial charge in [-0.25, -0.2) is 9.59 Å². The van der Waals surface area contributed by atoms with Gasteiger partial charge in [0, 0.05) is 7.05 Å². The van der Waals surface area contributed by atoms with Crippen molar-refractivity contribution < 1.29 is 89.7 Å². The number of hydrogen-bond donors (Lipinski definition) is 0. The van der Waals surface area contributed by atoms with E-state index >= 15 is 0 Å². The van der Waals surface area contributed by atoms with Crippen LogP contribution in [-0.2, 0) is 19.1 Å². The summed E-state index contributed by atoms with van der Waals surface area (Å²) in [7, 11) is 0.123. The molecule has 1 aromatic rings. The summed E-state index contributed by atoms with van der Waals surface area (Å²) in [5.41, 5.74) is -1.10. The average molecular weight is 605 g/mol. The van der Waals surface area contributed by atoms with Crippen molar-refractivity contribution in [3.8, 4) is 5.75 Å². The number of ether oxygens (including phenoxy) is 2. The molecule has 0 saturated heterocycles. The molecule has 0 aliphatic carbocycles. The summed E-state index contributed by atoms with van der Waals surface area (Å²) in [6.07, 6.45) is -22.5. The van der Waals surface area contributed by atoms with Gasteiger partial charge in [0.15, 0.2) is 0 Å². The Balaban J connectivity index is 3.47. The highest BCUT2D eigenvalue weighted by Crippen LogP contribution is 2.40. The molecule has 6 nitrogen and oxygen atoms in total. The van der Waals surface area contributed by atoms with Crippen LogP contribution in [0, 0.1) is 0 Å². The van der Waals surface area contributed by atoms with Crippen LogP contribution in [0.15, 0.2) is 24.3 Å². The Morgan fingerprint density at radius 1 is 0.718 bits per heavy atom. The molecular formula is C18H10F15NO5. The van der Waals surface area contributed by atoms with E-state index < -0.39 is 83.0 Å². The molecule has 1 atom stereocenters. The van der Waals surface area contributed by atoms with E-state index in [2.05, 4.69) is 9.47 Å². The zero-order chi connectivity index (χ0) is 31.0. The van der Waals surface area contributed by atoms with Gasteiger partial charge in [-0.3, -0.25) is 4.79 Å². The lowest BCUT2D eigenvalue weighted by Crippen LogP contribution is -2.52. The number of likely N-dealkylation sites (N-methyl/N-ethyl adjacent to an activating group) is 1. The molecule has 0 saturated carbocycles. The summed E-state index contributed by atoms with van der Waals surface area (Å²) in [5, 5.41) is 0. The molecule has 0 bridgehead atoms.